The van der Waals surface area contributed by atoms with Gasteiger partial charge in [-0.3, -0.25) is 4.98 Å². The predicted molar refractivity (Wildman–Crippen MR) is 112 cm³/mol. The molecule has 1 aromatic heterocycles. The number of rotatable bonds is 6. The third-order valence-electron chi connectivity index (χ3n) is 5.84. The van der Waals surface area contributed by atoms with Crippen LogP contribution < -0.4 is 4.74 Å². The molecule has 0 saturated heterocycles. The van der Waals surface area contributed by atoms with E-state index in [1.165, 1.54) is 31.1 Å². The molecule has 4 rings (SSSR count). The van der Waals surface area contributed by atoms with Crippen LogP contribution in [0, 0.1) is 0 Å². The molecule has 148 valence electrons. The van der Waals surface area contributed by atoms with Gasteiger partial charge in [-0.2, -0.15) is 0 Å². The van der Waals surface area contributed by atoms with Crippen molar-refractivity contribution < 1.29 is 14.3 Å². The van der Waals surface area contributed by atoms with Gasteiger partial charge in [0.1, 0.15) is 12.4 Å². The summed E-state index contributed by atoms with van der Waals surface area (Å²) >= 11 is 0. The van der Waals surface area contributed by atoms with Crippen molar-refractivity contribution in [2.24, 2.45) is 0 Å². The first-order valence-corrected chi connectivity index (χ1v) is 10.0. The lowest BCUT2D eigenvalue weighted by molar-refractivity contribution is 0.0600. The van der Waals surface area contributed by atoms with Gasteiger partial charge in [0.2, 0.25) is 0 Å². The SMILES string of the molecule is COC(=O)c1ccc(C2(c3ccc(OCc4ccccn4)cc3)CCCC2)cc1. The molecule has 1 aliphatic carbocycles. The maximum atomic E-state index is 11.8. The van der Waals surface area contributed by atoms with E-state index in [9.17, 15) is 4.79 Å². The van der Waals surface area contributed by atoms with E-state index >= 15 is 0 Å². The van der Waals surface area contributed by atoms with Crippen molar-refractivity contribution in [3.63, 3.8) is 0 Å². The van der Waals surface area contributed by atoms with E-state index in [2.05, 4.69) is 29.2 Å². The molecule has 1 saturated carbocycles. The van der Waals surface area contributed by atoms with Crippen LogP contribution in [0.2, 0.25) is 0 Å². The minimum absolute atomic E-state index is 0.00579. The van der Waals surface area contributed by atoms with E-state index < -0.39 is 0 Å². The lowest BCUT2D eigenvalue weighted by Gasteiger charge is -2.31. The van der Waals surface area contributed by atoms with Crippen molar-refractivity contribution in [3.05, 3.63) is 95.3 Å². The Labute approximate surface area is 171 Å². The molecular formula is C25H25NO3. The summed E-state index contributed by atoms with van der Waals surface area (Å²) in [6, 6.07) is 22.1. The maximum Gasteiger partial charge on any atom is 0.337 e. The van der Waals surface area contributed by atoms with Gasteiger partial charge in [0, 0.05) is 11.6 Å². The van der Waals surface area contributed by atoms with Crippen molar-refractivity contribution in [1.82, 2.24) is 4.98 Å². The Morgan fingerprint density at radius 1 is 0.931 bits per heavy atom. The molecule has 1 aliphatic rings. The fourth-order valence-electron chi connectivity index (χ4n) is 4.28. The van der Waals surface area contributed by atoms with Crippen LogP contribution in [0.3, 0.4) is 0 Å². The van der Waals surface area contributed by atoms with Gasteiger partial charge in [-0.05, 0) is 60.4 Å². The third kappa shape index (κ3) is 4.02. The Morgan fingerprint density at radius 3 is 2.17 bits per heavy atom. The molecule has 0 atom stereocenters. The first kappa shape index (κ1) is 19.2. The molecule has 29 heavy (non-hydrogen) atoms. The fourth-order valence-corrected chi connectivity index (χ4v) is 4.28. The summed E-state index contributed by atoms with van der Waals surface area (Å²) in [5.74, 6) is 0.542. The highest BCUT2D eigenvalue weighted by atomic mass is 16.5. The van der Waals surface area contributed by atoms with Crippen molar-refractivity contribution in [2.75, 3.05) is 7.11 Å². The highest BCUT2D eigenvalue weighted by Crippen LogP contribution is 2.46. The average Bonchev–Trinajstić information content (AvgIpc) is 3.29. The Hall–Kier alpha value is -3.14. The molecule has 0 radical (unpaired) electrons. The van der Waals surface area contributed by atoms with Gasteiger partial charge in [0.05, 0.1) is 18.4 Å². The first-order valence-electron chi connectivity index (χ1n) is 10.0. The van der Waals surface area contributed by atoms with Gasteiger partial charge < -0.3 is 9.47 Å². The molecule has 1 heterocycles. The monoisotopic (exact) mass is 387 g/mol. The van der Waals surface area contributed by atoms with Crippen LogP contribution in [0.25, 0.3) is 0 Å². The molecule has 0 aliphatic heterocycles. The van der Waals surface area contributed by atoms with Gasteiger partial charge in [-0.15, -0.1) is 0 Å². The normalized spacial score (nSPS) is 15.1. The molecule has 4 heteroatoms. The second-order valence-corrected chi connectivity index (χ2v) is 7.49. The third-order valence-corrected chi connectivity index (χ3v) is 5.84. The van der Waals surface area contributed by atoms with E-state index in [0.29, 0.717) is 12.2 Å². The van der Waals surface area contributed by atoms with E-state index in [1.807, 2.05) is 42.5 Å². The van der Waals surface area contributed by atoms with Crippen LogP contribution in [0.15, 0.2) is 72.9 Å². The van der Waals surface area contributed by atoms with Gasteiger partial charge >= 0.3 is 5.97 Å². The number of ether oxygens (including phenoxy) is 2. The fraction of sp³-hybridized carbons (Fsp3) is 0.280. The summed E-state index contributed by atoms with van der Waals surface area (Å²) in [5.41, 5.74) is 4.04. The zero-order valence-corrected chi connectivity index (χ0v) is 16.6. The molecule has 0 bridgehead atoms. The van der Waals surface area contributed by atoms with Gasteiger partial charge in [-0.25, -0.2) is 4.79 Å². The Kier molecular flexibility index (Phi) is 5.61. The summed E-state index contributed by atoms with van der Waals surface area (Å²) in [7, 11) is 1.41. The number of aromatic nitrogens is 1. The van der Waals surface area contributed by atoms with E-state index in [1.54, 1.807) is 6.20 Å². The number of carbonyl (C=O) groups is 1. The number of benzene rings is 2. The lowest BCUT2D eigenvalue weighted by atomic mass is 9.73. The Bertz CT molecular complexity index is 944. The minimum Gasteiger partial charge on any atom is -0.487 e. The predicted octanol–water partition coefficient (Wildman–Crippen LogP) is 5.31. The lowest BCUT2D eigenvalue weighted by Crippen LogP contribution is -2.23. The Morgan fingerprint density at radius 2 is 1.59 bits per heavy atom. The number of nitrogens with zero attached hydrogens (tertiary/aromatic N) is 1. The van der Waals surface area contributed by atoms with Gasteiger partial charge in [-0.1, -0.05) is 43.2 Å². The molecule has 3 aromatic rings. The smallest absolute Gasteiger partial charge is 0.337 e. The summed E-state index contributed by atoms with van der Waals surface area (Å²) in [6.45, 7) is 0.459. The van der Waals surface area contributed by atoms with E-state index in [-0.39, 0.29) is 11.4 Å². The highest BCUT2D eigenvalue weighted by molar-refractivity contribution is 5.89. The average molecular weight is 387 g/mol. The molecule has 0 N–H and O–H groups in total. The summed E-state index contributed by atoms with van der Waals surface area (Å²) in [6.07, 6.45) is 6.40. The second kappa shape index (κ2) is 8.48. The van der Waals surface area contributed by atoms with Crippen LogP contribution in [0.4, 0.5) is 0 Å². The quantitative estimate of drug-likeness (QED) is 0.538. The number of carbonyl (C=O) groups excluding carboxylic acids is 1. The second-order valence-electron chi connectivity index (χ2n) is 7.49. The molecular weight excluding hydrogens is 362 g/mol. The molecule has 0 amide bonds. The first-order chi connectivity index (χ1) is 14.2. The maximum absolute atomic E-state index is 11.8. The van der Waals surface area contributed by atoms with Gasteiger partial charge in [0.25, 0.3) is 0 Å². The summed E-state index contributed by atoms with van der Waals surface area (Å²) in [5, 5.41) is 0. The van der Waals surface area contributed by atoms with Crippen molar-refractivity contribution in [1.29, 1.82) is 0 Å². The zero-order valence-electron chi connectivity index (χ0n) is 16.6. The molecule has 1 fully saturated rings. The van der Waals surface area contributed by atoms with Crippen molar-refractivity contribution >= 4 is 5.97 Å². The standard InChI is InChI=1S/C25H25NO3/c1-28-24(27)19-7-9-20(10-8-19)25(15-3-4-16-25)21-11-13-23(14-12-21)29-18-22-6-2-5-17-26-22/h2,5-14,17H,3-4,15-16,18H2,1H3. The van der Waals surface area contributed by atoms with Crippen LogP contribution in [-0.2, 0) is 16.8 Å². The van der Waals surface area contributed by atoms with Crippen molar-refractivity contribution in [3.8, 4) is 5.75 Å². The number of esters is 1. The number of hydrogen-bond donors (Lipinski definition) is 0. The number of methoxy groups -OCH3 is 1. The van der Waals surface area contributed by atoms with Crippen molar-refractivity contribution in [2.45, 2.75) is 37.7 Å². The minimum atomic E-state index is -0.300. The molecule has 4 nitrogen and oxygen atoms in total. The van der Waals surface area contributed by atoms with Crippen LogP contribution in [-0.4, -0.2) is 18.1 Å². The topological polar surface area (TPSA) is 48.4 Å². The molecule has 0 spiro atoms. The van der Waals surface area contributed by atoms with Crippen LogP contribution >= 0.6 is 0 Å². The highest BCUT2D eigenvalue weighted by Gasteiger charge is 2.37. The largest absolute Gasteiger partial charge is 0.487 e. The zero-order chi connectivity index (χ0) is 20.1. The van der Waals surface area contributed by atoms with Gasteiger partial charge in [0.15, 0.2) is 0 Å². The van der Waals surface area contributed by atoms with Crippen LogP contribution in [0.5, 0.6) is 5.75 Å². The number of pyridine rings is 1. The summed E-state index contributed by atoms with van der Waals surface area (Å²) in [4.78, 5) is 16.0. The molecule has 2 aromatic carbocycles. The van der Waals surface area contributed by atoms with E-state index in [4.69, 9.17) is 9.47 Å². The van der Waals surface area contributed by atoms with E-state index in [0.717, 1.165) is 24.3 Å². The molecule has 0 unspecified atom stereocenters. The Balaban J connectivity index is 1.54. The number of hydrogen-bond acceptors (Lipinski definition) is 4. The van der Waals surface area contributed by atoms with Crippen LogP contribution in [0.1, 0.15) is 52.9 Å². The summed E-state index contributed by atoms with van der Waals surface area (Å²) < 4.78 is 10.7.